The standard InChI is InChI=1S/C56H77N3O7/c1-4-5-6-11-36-16-17-39(51(62)29-36)12-7-8-13-40-18-19-44(47-28-38(27-37-23-25-58-53(57)30-37)34-56(47,66)24-22-50(61)54(40)55(64)65)48-20-21-49(59-48)45-32-43(60)33-52(63)46(45)31-42-15-10-9-14-41(42)26-35(2)3/h9-10,14-17,20-21,23,25,30,32-33,35-36,38-40,44,47,50-51,54,59-63,66H,4-8,11-13,18-19,22,24,26-29,31,34H2,1-3H3,(H2,57,58)(H,64,65)/p-1/t36-,38+,39-,40+,44-,47+,50+,51-,54+,56+/m1/s1. The number of anilines is 1. The molecule has 0 aliphatic heterocycles. The SMILES string of the molecule is CCCCC[C@@H]1C=C[C@@H](CCCC[C@H]2CC[C@@H](c3ccc(-c4cc(O)cc([O-])c4Cc4ccccc4CC(C)C)[nH]3)[C@@H]3C[C@H](Cc4ccnc(N)c4)C[C@@]3(O)CC[C@H](O)[C@H]2C(=O)O)[C@H](O)C1. The molecular formula is C56H76N3O7-. The van der Waals surface area contributed by atoms with Gasteiger partial charge in [-0.1, -0.05) is 89.3 Å². The number of aliphatic hydroxyl groups is 3. The zero-order chi connectivity index (χ0) is 47.0. The average molecular weight is 903 g/mol. The number of rotatable bonds is 18. The average Bonchev–Trinajstić information content (AvgIpc) is 3.88. The molecule has 10 atom stereocenters. The Hall–Kier alpha value is -4.64. The minimum atomic E-state index is -1.17. The topological polar surface area (TPSA) is 196 Å². The highest BCUT2D eigenvalue weighted by Gasteiger charge is 2.51. The van der Waals surface area contributed by atoms with Crippen molar-refractivity contribution in [3.8, 4) is 22.8 Å². The van der Waals surface area contributed by atoms with E-state index in [1.165, 1.54) is 30.9 Å². The van der Waals surface area contributed by atoms with Crippen molar-refractivity contribution in [2.24, 2.45) is 41.4 Å². The Morgan fingerprint density at radius 3 is 2.44 bits per heavy atom. The molecule has 0 saturated heterocycles. The lowest BCUT2D eigenvalue weighted by molar-refractivity contribution is -0.269. The highest BCUT2D eigenvalue weighted by atomic mass is 16.4. The summed E-state index contributed by atoms with van der Waals surface area (Å²) in [5.74, 6) is -1.47. The lowest BCUT2D eigenvalue weighted by Gasteiger charge is -2.40. The maximum Gasteiger partial charge on any atom is 0.309 e. The Kier molecular flexibility index (Phi) is 16.7. The number of carbonyl (C=O) groups is 1. The van der Waals surface area contributed by atoms with E-state index in [0.29, 0.717) is 73.0 Å². The molecule has 10 nitrogen and oxygen atoms in total. The fourth-order valence-corrected chi connectivity index (χ4v) is 12.3. The molecule has 2 fully saturated rings. The third-order valence-electron chi connectivity index (χ3n) is 15.6. The van der Waals surface area contributed by atoms with Crippen molar-refractivity contribution in [1.82, 2.24) is 9.97 Å². The maximum absolute atomic E-state index is 13.8. The van der Waals surface area contributed by atoms with Crippen molar-refractivity contribution in [3.05, 3.63) is 107 Å². The van der Waals surface area contributed by atoms with Gasteiger partial charge < -0.3 is 41.4 Å². The van der Waals surface area contributed by atoms with Crippen molar-refractivity contribution in [3.63, 3.8) is 0 Å². The predicted octanol–water partition coefficient (Wildman–Crippen LogP) is 10.3. The molecule has 358 valence electrons. The Morgan fingerprint density at radius 1 is 0.924 bits per heavy atom. The Balaban J connectivity index is 1.17. The zero-order valence-corrected chi connectivity index (χ0v) is 39.6. The molecule has 4 aromatic rings. The molecule has 10 heteroatoms. The Labute approximate surface area is 392 Å². The molecule has 0 amide bonds. The minimum Gasteiger partial charge on any atom is -0.872 e. The van der Waals surface area contributed by atoms with Gasteiger partial charge in [-0.3, -0.25) is 4.79 Å². The fraction of sp³-hybridized carbons (Fsp3) is 0.571. The zero-order valence-electron chi connectivity index (χ0n) is 39.6. The molecule has 2 aromatic heterocycles. The summed E-state index contributed by atoms with van der Waals surface area (Å²) in [6, 6.07) is 19.0. The van der Waals surface area contributed by atoms with Crippen LogP contribution in [0, 0.1) is 41.4 Å². The number of fused-ring (bicyclic) bond motifs is 1. The van der Waals surface area contributed by atoms with Crippen molar-refractivity contribution in [2.45, 2.75) is 160 Å². The number of allylic oxidation sites excluding steroid dienone is 1. The van der Waals surface area contributed by atoms with E-state index in [1.54, 1.807) is 12.3 Å². The number of nitrogens with two attached hydrogens (primary N) is 1. The van der Waals surface area contributed by atoms with Crippen LogP contribution in [0.2, 0.25) is 0 Å². The van der Waals surface area contributed by atoms with E-state index < -0.39 is 23.6 Å². The van der Waals surface area contributed by atoms with Crippen LogP contribution in [0.4, 0.5) is 5.82 Å². The maximum atomic E-state index is 13.8. The van der Waals surface area contributed by atoms with Gasteiger partial charge in [-0.05, 0) is 172 Å². The third kappa shape index (κ3) is 12.3. The van der Waals surface area contributed by atoms with Crippen LogP contribution in [0.3, 0.4) is 0 Å². The number of aliphatic carboxylic acids is 1. The number of aromatic hydroxyl groups is 1. The molecule has 2 heterocycles. The van der Waals surface area contributed by atoms with Crippen molar-refractivity contribution >= 4 is 11.8 Å². The Morgan fingerprint density at radius 2 is 1.70 bits per heavy atom. The number of aliphatic hydroxyl groups excluding tert-OH is 2. The summed E-state index contributed by atoms with van der Waals surface area (Å²) in [5, 5.41) is 71.0. The molecule has 3 aliphatic rings. The lowest BCUT2D eigenvalue weighted by atomic mass is 9.69. The monoisotopic (exact) mass is 903 g/mol. The van der Waals surface area contributed by atoms with Gasteiger partial charge in [0, 0.05) is 35.0 Å². The van der Waals surface area contributed by atoms with Crippen molar-refractivity contribution in [1.29, 1.82) is 0 Å². The number of phenolic OH excluding ortho intramolecular Hbond substituents is 1. The first-order chi connectivity index (χ1) is 31.7. The number of unbranched alkanes of at least 4 members (excludes halogenated alkanes) is 3. The molecule has 3 aliphatic carbocycles. The molecule has 0 unspecified atom stereocenters. The molecule has 2 saturated carbocycles. The van der Waals surface area contributed by atoms with Gasteiger partial charge in [-0.2, -0.15) is 0 Å². The summed E-state index contributed by atoms with van der Waals surface area (Å²) in [6.45, 7) is 6.57. The van der Waals surface area contributed by atoms with Gasteiger partial charge in [0.25, 0.3) is 0 Å². The van der Waals surface area contributed by atoms with Gasteiger partial charge in [-0.25, -0.2) is 4.98 Å². The second-order valence-electron chi connectivity index (χ2n) is 21.0. The summed E-state index contributed by atoms with van der Waals surface area (Å²) in [7, 11) is 0. The lowest BCUT2D eigenvalue weighted by Crippen LogP contribution is -2.42. The van der Waals surface area contributed by atoms with Crippen molar-refractivity contribution in [2.75, 3.05) is 5.73 Å². The van der Waals surface area contributed by atoms with Crippen LogP contribution in [0.1, 0.15) is 151 Å². The highest BCUT2D eigenvalue weighted by molar-refractivity contribution is 5.71. The second kappa shape index (κ2) is 22.4. The van der Waals surface area contributed by atoms with Gasteiger partial charge in [0.1, 0.15) is 11.6 Å². The number of nitrogens with one attached hydrogen (secondary N) is 1. The number of hydrogen-bond donors (Lipinski definition) is 7. The number of nitrogens with zero attached hydrogens (tertiary/aromatic N) is 1. The molecule has 2 aromatic carbocycles. The van der Waals surface area contributed by atoms with E-state index in [0.717, 1.165) is 61.8 Å². The van der Waals surface area contributed by atoms with E-state index in [1.807, 2.05) is 36.4 Å². The first kappa shape index (κ1) is 49.3. The summed E-state index contributed by atoms with van der Waals surface area (Å²) < 4.78 is 0. The second-order valence-corrected chi connectivity index (χ2v) is 21.0. The molecule has 0 spiro atoms. The Bertz CT molecular complexity index is 2240. The van der Waals surface area contributed by atoms with E-state index >= 15 is 0 Å². The van der Waals surface area contributed by atoms with Crippen LogP contribution in [-0.4, -0.2) is 59.3 Å². The largest absolute Gasteiger partial charge is 0.872 e. The molecule has 66 heavy (non-hydrogen) atoms. The third-order valence-corrected chi connectivity index (χ3v) is 15.6. The van der Waals surface area contributed by atoms with Gasteiger partial charge in [0.2, 0.25) is 0 Å². The molecule has 7 rings (SSSR count). The minimum absolute atomic E-state index is 0.0971. The molecule has 8 N–H and O–H groups in total. The number of carboxylic acid groups (broad SMARTS) is 1. The van der Waals surface area contributed by atoms with E-state index in [4.69, 9.17) is 5.73 Å². The van der Waals surface area contributed by atoms with Crippen LogP contribution in [0.5, 0.6) is 11.5 Å². The number of nitrogen functional groups attached to an aromatic ring is 1. The van der Waals surface area contributed by atoms with E-state index in [-0.39, 0.29) is 60.0 Å². The first-order valence-corrected chi connectivity index (χ1v) is 25.2. The molecule has 0 radical (unpaired) electrons. The predicted molar refractivity (Wildman–Crippen MR) is 260 cm³/mol. The molecule has 0 bridgehead atoms. The number of hydrogen-bond acceptors (Lipinski definition) is 8. The normalized spacial score (nSPS) is 28.1. The van der Waals surface area contributed by atoms with E-state index in [2.05, 4.69) is 55.0 Å². The van der Waals surface area contributed by atoms with Crippen LogP contribution >= 0.6 is 0 Å². The summed E-state index contributed by atoms with van der Waals surface area (Å²) in [4.78, 5) is 21.0. The summed E-state index contributed by atoms with van der Waals surface area (Å²) in [5.41, 5.74) is 11.1. The van der Waals surface area contributed by atoms with Crippen LogP contribution < -0.4 is 10.8 Å². The quantitative estimate of drug-likeness (QED) is 0.0375. The summed E-state index contributed by atoms with van der Waals surface area (Å²) in [6.07, 6.45) is 18.2. The smallest absolute Gasteiger partial charge is 0.309 e. The van der Waals surface area contributed by atoms with Gasteiger partial charge in [0.15, 0.2) is 0 Å². The number of H-pyrrole nitrogens is 1. The fourth-order valence-electron chi connectivity index (χ4n) is 12.3. The van der Waals surface area contributed by atoms with Gasteiger partial charge in [-0.15, -0.1) is 5.75 Å². The highest BCUT2D eigenvalue weighted by Crippen LogP contribution is 2.53. The molecular weight excluding hydrogens is 827 g/mol. The van der Waals surface area contributed by atoms with Crippen LogP contribution in [-0.2, 0) is 24.1 Å². The van der Waals surface area contributed by atoms with Crippen LogP contribution in [0.15, 0.2) is 79.0 Å². The number of aromatic nitrogens is 2. The number of pyridine rings is 1. The number of benzene rings is 2. The summed E-state index contributed by atoms with van der Waals surface area (Å²) >= 11 is 0. The number of phenols is 1. The van der Waals surface area contributed by atoms with Crippen molar-refractivity contribution < 1.29 is 35.4 Å². The number of carboxylic acids is 1. The van der Waals surface area contributed by atoms with Gasteiger partial charge >= 0.3 is 5.97 Å². The number of aromatic amines is 1. The first-order valence-electron chi connectivity index (χ1n) is 25.2. The van der Waals surface area contributed by atoms with Gasteiger partial charge in [0.05, 0.1) is 23.7 Å². The van der Waals surface area contributed by atoms with Crippen LogP contribution in [0.25, 0.3) is 11.3 Å². The van der Waals surface area contributed by atoms with E-state index in [9.17, 15) is 35.4 Å².